The summed E-state index contributed by atoms with van der Waals surface area (Å²) >= 11 is 0. The molecule has 1 heterocycles. The number of likely N-dealkylation sites (N-methyl/N-ethyl adjacent to an activating group) is 1. The second kappa shape index (κ2) is 8.81. The fraction of sp³-hybridized carbons (Fsp3) is 0.524. The van der Waals surface area contributed by atoms with E-state index in [2.05, 4.69) is 16.5 Å². The summed E-state index contributed by atoms with van der Waals surface area (Å²) in [6.07, 6.45) is 4.57. The Morgan fingerprint density at radius 1 is 1.19 bits per heavy atom. The first kappa shape index (κ1) is 22.7. The number of aliphatic hydroxyl groups is 2. The van der Waals surface area contributed by atoms with Crippen LogP contribution in [0.5, 0.6) is 0 Å². The first-order chi connectivity index (χ1) is 15.2. The van der Waals surface area contributed by atoms with Crippen LogP contribution in [0.1, 0.15) is 47.0 Å². The number of aliphatic hydroxyl groups excluding tert-OH is 2. The number of nitrogens with one attached hydrogen (secondary N) is 2. The van der Waals surface area contributed by atoms with Gasteiger partial charge in [-0.1, -0.05) is 6.07 Å². The van der Waals surface area contributed by atoms with Gasteiger partial charge in [-0.3, -0.25) is 9.58 Å². The van der Waals surface area contributed by atoms with E-state index in [9.17, 15) is 18.3 Å². The van der Waals surface area contributed by atoms with Gasteiger partial charge in [0.25, 0.3) is 10.0 Å². The van der Waals surface area contributed by atoms with E-state index in [0.717, 1.165) is 55.3 Å². The maximum Gasteiger partial charge on any atom is 0.333 e. The van der Waals surface area contributed by atoms with Gasteiger partial charge in [0.05, 0.1) is 12.3 Å². The minimum Gasteiger partial charge on any atom is -0.395 e. The molecule has 4 N–H and O–H groups in total. The van der Waals surface area contributed by atoms with Crippen LogP contribution in [-0.2, 0) is 42.8 Å². The number of benzene rings is 1. The van der Waals surface area contributed by atoms with Gasteiger partial charge in [-0.2, -0.15) is 13.5 Å². The third-order valence-corrected chi connectivity index (χ3v) is 7.45. The van der Waals surface area contributed by atoms with Crippen molar-refractivity contribution in [2.45, 2.75) is 49.8 Å². The minimum absolute atomic E-state index is 0.162. The van der Waals surface area contributed by atoms with E-state index in [4.69, 9.17) is 5.11 Å². The zero-order valence-corrected chi connectivity index (χ0v) is 19.1. The van der Waals surface area contributed by atoms with Crippen molar-refractivity contribution in [1.82, 2.24) is 19.4 Å². The van der Waals surface area contributed by atoms with E-state index in [0.29, 0.717) is 0 Å². The van der Waals surface area contributed by atoms with Gasteiger partial charge in [0, 0.05) is 25.3 Å². The lowest BCUT2D eigenvalue weighted by molar-refractivity contribution is 0.00526. The van der Waals surface area contributed by atoms with E-state index >= 15 is 0 Å². The number of amides is 2. The quantitative estimate of drug-likeness (QED) is 0.446. The molecule has 174 valence electrons. The van der Waals surface area contributed by atoms with Crippen LogP contribution >= 0.6 is 0 Å². The molecule has 0 fully saturated rings. The number of anilines is 1. The molecular formula is C21H29N5O5S. The van der Waals surface area contributed by atoms with Gasteiger partial charge < -0.3 is 15.5 Å². The van der Waals surface area contributed by atoms with E-state index < -0.39 is 22.3 Å². The summed E-state index contributed by atoms with van der Waals surface area (Å²) in [5.41, 5.74) is 5.66. The Morgan fingerprint density at radius 2 is 1.81 bits per heavy atom. The molecule has 1 aromatic carbocycles. The Morgan fingerprint density at radius 3 is 2.41 bits per heavy atom. The molecule has 32 heavy (non-hydrogen) atoms. The molecule has 2 aromatic rings. The first-order valence-corrected chi connectivity index (χ1v) is 12.2. The fourth-order valence-electron chi connectivity index (χ4n) is 4.61. The van der Waals surface area contributed by atoms with E-state index in [-0.39, 0.29) is 23.9 Å². The molecule has 0 saturated carbocycles. The van der Waals surface area contributed by atoms with Crippen LogP contribution in [0.25, 0.3) is 0 Å². The molecule has 0 radical (unpaired) electrons. The normalized spacial score (nSPS) is 16.2. The number of fused-ring (bicyclic) bond motifs is 2. The lowest BCUT2D eigenvalue weighted by atomic mass is 9.99. The van der Waals surface area contributed by atoms with Crippen LogP contribution < -0.4 is 10.0 Å². The van der Waals surface area contributed by atoms with E-state index in [1.165, 1.54) is 33.8 Å². The summed E-state index contributed by atoms with van der Waals surface area (Å²) in [4.78, 5) is 14.1. The van der Waals surface area contributed by atoms with Gasteiger partial charge in [-0.05, 0) is 67.8 Å². The van der Waals surface area contributed by atoms with Crippen LogP contribution in [0, 0.1) is 0 Å². The molecule has 1 unspecified atom stereocenters. The van der Waals surface area contributed by atoms with E-state index in [1.54, 1.807) is 7.05 Å². The highest BCUT2D eigenvalue weighted by atomic mass is 32.2. The number of carbonyl (C=O) groups excluding carboxylic acids is 1. The van der Waals surface area contributed by atoms with Gasteiger partial charge in [0.2, 0.25) is 0 Å². The van der Waals surface area contributed by atoms with Gasteiger partial charge in [-0.25, -0.2) is 9.52 Å². The van der Waals surface area contributed by atoms with Crippen molar-refractivity contribution in [3.05, 3.63) is 40.1 Å². The predicted octanol–water partition coefficient (Wildman–Crippen LogP) is 0.823. The Balaban J connectivity index is 1.53. The number of sulfonamides is 1. The standard InChI is InChI=1S/C21H29N5O5S/c1-25(9-10-27)20(28)17-12-18(23-26(17)2)32(30,31)24-21(29)22-19-15-7-3-5-13(15)11-14-6-4-8-16(14)19/h11-12,20,27-28H,3-10H2,1-2H3,(H2,22,24,29). The number of hydrogen-bond acceptors (Lipinski definition) is 7. The Bertz CT molecular complexity index is 1110. The molecule has 0 spiro atoms. The zero-order chi connectivity index (χ0) is 23.0. The minimum atomic E-state index is -4.25. The highest BCUT2D eigenvalue weighted by molar-refractivity contribution is 7.90. The summed E-state index contributed by atoms with van der Waals surface area (Å²) in [6.45, 7) is 0.0337. The maximum atomic E-state index is 12.8. The Hall–Kier alpha value is -2.47. The van der Waals surface area contributed by atoms with Gasteiger partial charge in [0.15, 0.2) is 5.03 Å². The van der Waals surface area contributed by atoms with Crippen molar-refractivity contribution in [3.63, 3.8) is 0 Å². The van der Waals surface area contributed by atoms with Crippen molar-refractivity contribution >= 4 is 21.7 Å². The average molecular weight is 464 g/mol. The summed E-state index contributed by atoms with van der Waals surface area (Å²) in [5.74, 6) is 0. The molecule has 2 aliphatic rings. The van der Waals surface area contributed by atoms with Gasteiger partial charge >= 0.3 is 6.03 Å². The third-order valence-electron chi connectivity index (χ3n) is 6.24. The molecule has 1 aromatic heterocycles. The number of rotatable bonds is 7. The molecule has 2 aliphatic carbocycles. The fourth-order valence-corrected chi connectivity index (χ4v) is 5.52. The van der Waals surface area contributed by atoms with Crippen molar-refractivity contribution in [1.29, 1.82) is 0 Å². The summed E-state index contributed by atoms with van der Waals surface area (Å²) in [5, 5.41) is 25.8. The number of urea groups is 1. The Kier molecular flexibility index (Phi) is 6.26. The molecular weight excluding hydrogens is 434 g/mol. The molecule has 0 saturated heterocycles. The second-order valence-corrected chi connectivity index (χ2v) is 10.0. The van der Waals surface area contributed by atoms with Crippen LogP contribution in [0.15, 0.2) is 17.2 Å². The highest BCUT2D eigenvalue weighted by Gasteiger charge is 2.28. The number of carbonyl (C=O) groups is 1. The SMILES string of the molecule is CN(CCO)C(O)c1cc(S(=O)(=O)NC(=O)Nc2c3c(cc4c2CCC4)CCC3)nn1C. The van der Waals surface area contributed by atoms with Gasteiger partial charge in [-0.15, -0.1) is 0 Å². The van der Waals surface area contributed by atoms with Crippen LogP contribution in [0.3, 0.4) is 0 Å². The predicted molar refractivity (Wildman–Crippen MR) is 118 cm³/mol. The molecule has 0 aliphatic heterocycles. The number of hydrogen-bond donors (Lipinski definition) is 4. The lowest BCUT2D eigenvalue weighted by Gasteiger charge is -2.22. The lowest BCUT2D eigenvalue weighted by Crippen LogP contribution is -2.35. The number of aryl methyl sites for hydroxylation is 3. The van der Waals surface area contributed by atoms with Crippen molar-refractivity contribution in [2.24, 2.45) is 7.05 Å². The molecule has 0 bridgehead atoms. The monoisotopic (exact) mass is 463 g/mol. The molecule has 4 rings (SSSR count). The summed E-state index contributed by atoms with van der Waals surface area (Å²) in [6, 6.07) is 2.62. The summed E-state index contributed by atoms with van der Waals surface area (Å²) in [7, 11) is -1.17. The van der Waals surface area contributed by atoms with Crippen molar-refractivity contribution in [2.75, 3.05) is 25.5 Å². The van der Waals surface area contributed by atoms with Crippen LogP contribution in [0.4, 0.5) is 10.5 Å². The van der Waals surface area contributed by atoms with E-state index in [1.807, 2.05) is 4.72 Å². The molecule has 11 heteroatoms. The van der Waals surface area contributed by atoms with Crippen LogP contribution in [-0.4, -0.2) is 59.5 Å². The first-order valence-electron chi connectivity index (χ1n) is 10.7. The molecule has 1 atom stereocenters. The second-order valence-electron chi connectivity index (χ2n) is 8.40. The number of aromatic nitrogens is 2. The smallest absolute Gasteiger partial charge is 0.333 e. The maximum absolute atomic E-state index is 12.8. The zero-order valence-electron chi connectivity index (χ0n) is 18.3. The van der Waals surface area contributed by atoms with Gasteiger partial charge in [0.1, 0.15) is 6.23 Å². The third kappa shape index (κ3) is 4.25. The number of nitrogens with zero attached hydrogens (tertiary/aromatic N) is 3. The topological polar surface area (TPSA) is 137 Å². The molecule has 2 amide bonds. The van der Waals surface area contributed by atoms with Crippen molar-refractivity contribution < 1.29 is 23.4 Å². The van der Waals surface area contributed by atoms with Crippen molar-refractivity contribution in [3.8, 4) is 0 Å². The summed E-state index contributed by atoms with van der Waals surface area (Å²) < 4.78 is 28.9. The molecule has 10 nitrogen and oxygen atoms in total. The van der Waals surface area contributed by atoms with Crippen LogP contribution in [0.2, 0.25) is 0 Å². The average Bonchev–Trinajstić information content (AvgIpc) is 3.46. The largest absolute Gasteiger partial charge is 0.395 e. The highest BCUT2D eigenvalue weighted by Crippen LogP contribution is 2.38. The Labute approximate surface area is 187 Å².